The molecule has 0 saturated heterocycles. The van der Waals surface area contributed by atoms with Gasteiger partial charge in [-0.25, -0.2) is 0 Å². The van der Waals surface area contributed by atoms with Gasteiger partial charge in [-0.15, -0.1) is 23.4 Å². The number of hydrogen-bond donors (Lipinski definition) is 0. The number of aromatic nitrogens is 6. The maximum Gasteiger partial charge on any atom is 0.573 e. The Morgan fingerprint density at radius 1 is 1.15 bits per heavy atom. The number of rotatable bonds is 4. The van der Waals surface area contributed by atoms with E-state index in [0.717, 1.165) is 21.8 Å². The van der Waals surface area contributed by atoms with Gasteiger partial charge in [0.2, 0.25) is 4.96 Å². The van der Waals surface area contributed by atoms with Crippen LogP contribution in [0.1, 0.15) is 17.1 Å². The molecule has 27 heavy (non-hydrogen) atoms. The van der Waals surface area contributed by atoms with Gasteiger partial charge in [-0.1, -0.05) is 23.5 Å². The van der Waals surface area contributed by atoms with E-state index in [-0.39, 0.29) is 5.75 Å². The number of halogens is 3. The number of ether oxygens (including phenoxy) is 1. The highest BCUT2D eigenvalue weighted by Gasteiger charge is 2.31. The summed E-state index contributed by atoms with van der Waals surface area (Å²) in [4.78, 5) is 0.639. The number of hydrogen-bond acceptors (Lipinski definition) is 6. The van der Waals surface area contributed by atoms with E-state index in [0.29, 0.717) is 17.2 Å². The van der Waals surface area contributed by atoms with E-state index < -0.39 is 6.36 Å². The van der Waals surface area contributed by atoms with E-state index in [1.54, 1.807) is 27.5 Å². The first-order valence-corrected chi connectivity index (χ1v) is 8.66. The van der Waals surface area contributed by atoms with Crippen molar-refractivity contribution < 1.29 is 17.9 Å². The Kier molecular flexibility index (Phi) is 4.10. The monoisotopic (exact) mass is 394 g/mol. The minimum absolute atomic E-state index is 0.263. The molecule has 0 bridgehead atoms. The van der Waals surface area contributed by atoms with Crippen molar-refractivity contribution in [3.8, 4) is 16.3 Å². The predicted molar refractivity (Wildman–Crippen MR) is 91.5 cm³/mol. The fraction of sp³-hybridized carbons (Fsp3) is 0.250. The maximum atomic E-state index is 12.2. The maximum absolute atomic E-state index is 12.2. The summed E-state index contributed by atoms with van der Waals surface area (Å²) >= 11 is 1.40. The molecule has 11 heteroatoms. The topological polar surface area (TPSA) is 70.1 Å². The van der Waals surface area contributed by atoms with Gasteiger partial charge < -0.3 is 4.74 Å². The SMILES string of the molecule is Cc1c(-c2nn3c(Cc4ccc(OC(F)(F)F)cc4)nnc3s2)cnn1C. The molecule has 0 fully saturated rings. The second kappa shape index (κ2) is 6.34. The number of aryl methyl sites for hydroxylation is 1. The van der Waals surface area contributed by atoms with E-state index in [4.69, 9.17) is 0 Å². The summed E-state index contributed by atoms with van der Waals surface area (Å²) in [6.07, 6.45) is -2.58. The van der Waals surface area contributed by atoms with E-state index in [1.165, 1.54) is 23.5 Å². The van der Waals surface area contributed by atoms with Crippen molar-refractivity contribution in [2.75, 3.05) is 0 Å². The zero-order valence-corrected chi connectivity index (χ0v) is 15.0. The number of nitrogens with zero attached hydrogens (tertiary/aromatic N) is 6. The third-order valence-corrected chi connectivity index (χ3v) is 4.97. The molecule has 7 nitrogen and oxygen atoms in total. The molecule has 140 valence electrons. The van der Waals surface area contributed by atoms with Crippen molar-refractivity contribution in [1.82, 2.24) is 29.6 Å². The van der Waals surface area contributed by atoms with Gasteiger partial charge in [0.25, 0.3) is 0 Å². The van der Waals surface area contributed by atoms with Crippen LogP contribution in [0.4, 0.5) is 13.2 Å². The van der Waals surface area contributed by atoms with Gasteiger partial charge in [-0.2, -0.15) is 14.7 Å². The highest BCUT2D eigenvalue weighted by molar-refractivity contribution is 7.19. The van der Waals surface area contributed by atoms with Gasteiger partial charge in [0, 0.05) is 19.2 Å². The molecule has 0 aliphatic carbocycles. The molecule has 4 rings (SSSR count). The van der Waals surface area contributed by atoms with Crippen molar-refractivity contribution in [2.24, 2.45) is 7.05 Å². The molecule has 1 aromatic carbocycles. The van der Waals surface area contributed by atoms with Crippen molar-refractivity contribution in [3.05, 3.63) is 47.5 Å². The Bertz CT molecular complexity index is 1100. The lowest BCUT2D eigenvalue weighted by Gasteiger charge is -2.08. The standard InChI is InChI=1S/C16H13F3N6OS/c1-9-12(8-20-24(9)2)14-23-25-13(21-22-15(25)27-14)7-10-3-5-11(6-4-10)26-16(17,18)19/h3-6,8H,7H2,1-2H3. The molecule has 0 saturated carbocycles. The summed E-state index contributed by atoms with van der Waals surface area (Å²) < 4.78 is 44.0. The van der Waals surface area contributed by atoms with Gasteiger partial charge in [-0.3, -0.25) is 4.68 Å². The van der Waals surface area contributed by atoms with E-state index in [1.807, 2.05) is 14.0 Å². The summed E-state index contributed by atoms with van der Waals surface area (Å²) in [6.45, 7) is 1.95. The first-order chi connectivity index (χ1) is 12.8. The third kappa shape index (κ3) is 3.50. The quantitative estimate of drug-likeness (QED) is 0.531. The highest BCUT2D eigenvalue weighted by atomic mass is 32.1. The van der Waals surface area contributed by atoms with Crippen LogP contribution < -0.4 is 4.74 Å². The van der Waals surface area contributed by atoms with Crippen LogP contribution >= 0.6 is 11.3 Å². The summed E-state index contributed by atoms with van der Waals surface area (Å²) in [5, 5.41) is 17.8. The summed E-state index contributed by atoms with van der Waals surface area (Å²) in [5.41, 5.74) is 2.68. The fourth-order valence-corrected chi connectivity index (χ4v) is 3.50. The van der Waals surface area contributed by atoms with Gasteiger partial charge in [0.15, 0.2) is 10.8 Å². The Morgan fingerprint density at radius 2 is 1.89 bits per heavy atom. The van der Waals surface area contributed by atoms with Crippen molar-refractivity contribution >= 4 is 16.3 Å². The van der Waals surface area contributed by atoms with Gasteiger partial charge in [-0.05, 0) is 24.6 Å². The molecular weight excluding hydrogens is 381 g/mol. The average molecular weight is 394 g/mol. The second-order valence-electron chi connectivity index (χ2n) is 5.85. The minimum atomic E-state index is -4.71. The molecule has 0 aliphatic heterocycles. The second-order valence-corrected chi connectivity index (χ2v) is 6.81. The number of benzene rings is 1. The van der Waals surface area contributed by atoms with Crippen molar-refractivity contribution in [1.29, 1.82) is 0 Å². The molecular formula is C16H13F3N6OS. The minimum Gasteiger partial charge on any atom is -0.406 e. The number of alkyl halides is 3. The van der Waals surface area contributed by atoms with Crippen LogP contribution in [0.5, 0.6) is 5.75 Å². The van der Waals surface area contributed by atoms with Crippen LogP contribution in [-0.2, 0) is 13.5 Å². The molecule has 0 N–H and O–H groups in total. The zero-order chi connectivity index (χ0) is 19.2. The molecule has 0 amide bonds. The van der Waals surface area contributed by atoms with E-state index in [2.05, 4.69) is 25.1 Å². The Labute approximate surface area is 155 Å². The van der Waals surface area contributed by atoms with Crippen LogP contribution in [0.15, 0.2) is 30.5 Å². The lowest BCUT2D eigenvalue weighted by Crippen LogP contribution is -2.17. The lowest BCUT2D eigenvalue weighted by molar-refractivity contribution is -0.274. The average Bonchev–Trinajstić information content (AvgIpc) is 3.25. The van der Waals surface area contributed by atoms with Crippen molar-refractivity contribution in [3.63, 3.8) is 0 Å². The summed E-state index contributed by atoms with van der Waals surface area (Å²) in [6, 6.07) is 5.65. The summed E-state index contributed by atoms with van der Waals surface area (Å²) in [7, 11) is 1.86. The Morgan fingerprint density at radius 3 is 2.52 bits per heavy atom. The lowest BCUT2D eigenvalue weighted by atomic mass is 10.1. The highest BCUT2D eigenvalue weighted by Crippen LogP contribution is 2.28. The zero-order valence-electron chi connectivity index (χ0n) is 14.2. The molecule has 0 atom stereocenters. The summed E-state index contributed by atoms with van der Waals surface area (Å²) in [5.74, 6) is 0.333. The third-order valence-electron chi connectivity index (χ3n) is 4.04. The molecule has 0 radical (unpaired) electrons. The van der Waals surface area contributed by atoms with Crippen LogP contribution in [0.25, 0.3) is 15.5 Å². The first kappa shape index (κ1) is 17.5. The Hall–Kier alpha value is -2.95. The smallest absolute Gasteiger partial charge is 0.406 e. The first-order valence-electron chi connectivity index (χ1n) is 7.85. The molecule has 0 unspecified atom stereocenters. The van der Waals surface area contributed by atoms with Gasteiger partial charge in [0.05, 0.1) is 11.8 Å². The van der Waals surface area contributed by atoms with Crippen LogP contribution in [0.3, 0.4) is 0 Å². The predicted octanol–water partition coefficient (Wildman–Crippen LogP) is 3.38. The molecule has 3 aromatic heterocycles. The normalized spacial score (nSPS) is 12.0. The van der Waals surface area contributed by atoms with Crippen molar-refractivity contribution in [2.45, 2.75) is 19.7 Å². The van der Waals surface area contributed by atoms with E-state index in [9.17, 15) is 13.2 Å². The Balaban J connectivity index is 1.58. The number of fused-ring (bicyclic) bond motifs is 1. The fourth-order valence-electron chi connectivity index (χ4n) is 2.58. The molecule has 0 aliphatic rings. The van der Waals surface area contributed by atoms with Gasteiger partial charge in [0.1, 0.15) is 5.75 Å². The molecule has 0 spiro atoms. The van der Waals surface area contributed by atoms with Gasteiger partial charge >= 0.3 is 6.36 Å². The van der Waals surface area contributed by atoms with E-state index >= 15 is 0 Å². The van der Waals surface area contributed by atoms with Crippen LogP contribution in [0.2, 0.25) is 0 Å². The van der Waals surface area contributed by atoms with Crippen LogP contribution in [-0.4, -0.2) is 36.0 Å². The van der Waals surface area contributed by atoms with Crippen LogP contribution in [0, 0.1) is 6.92 Å². The molecule has 3 heterocycles. The largest absolute Gasteiger partial charge is 0.573 e. The molecule has 4 aromatic rings.